The highest BCUT2D eigenvalue weighted by Crippen LogP contribution is 2.23. The third-order valence-electron chi connectivity index (χ3n) is 2.66. The van der Waals surface area contributed by atoms with Crippen LogP contribution in [0.2, 0.25) is 5.15 Å². The van der Waals surface area contributed by atoms with Crippen molar-refractivity contribution in [2.24, 2.45) is 0 Å². The number of nitrogens with zero attached hydrogens (tertiary/aromatic N) is 1. The normalized spacial score (nSPS) is 11.3. The topological polar surface area (TPSA) is 84.3 Å². The van der Waals surface area contributed by atoms with E-state index in [9.17, 15) is 13.2 Å². The van der Waals surface area contributed by atoms with Crippen molar-refractivity contribution >= 4 is 27.4 Å². The molecule has 0 saturated heterocycles. The van der Waals surface area contributed by atoms with E-state index < -0.39 is 15.8 Å². The van der Waals surface area contributed by atoms with Crippen molar-refractivity contribution in [3.05, 3.63) is 47.1 Å². The molecule has 0 bridgehead atoms. The molecule has 0 aliphatic heterocycles. The smallest absolute Gasteiger partial charge is 0.338 e. The van der Waals surface area contributed by atoms with Crippen LogP contribution in [0.5, 0.6) is 0 Å². The lowest BCUT2D eigenvalue weighted by Gasteiger charge is -2.05. The first-order valence-electron chi connectivity index (χ1n) is 5.49. The first-order chi connectivity index (χ1) is 9.29. The Kier molecular flexibility index (Phi) is 3.78. The zero-order chi connectivity index (χ0) is 14.9. The number of carbonyl (C=O) groups is 1. The van der Waals surface area contributed by atoms with Gasteiger partial charge in [0.05, 0.1) is 16.2 Å². The first-order valence-corrected chi connectivity index (χ1v) is 7.76. The molecule has 2 rings (SSSR count). The third kappa shape index (κ3) is 2.97. The lowest BCUT2D eigenvalue weighted by atomic mass is 10.1. The Bertz CT molecular complexity index is 769. The molecule has 20 heavy (non-hydrogen) atoms. The van der Waals surface area contributed by atoms with Crippen LogP contribution in [0.3, 0.4) is 0 Å². The van der Waals surface area contributed by atoms with Crippen LogP contribution in [-0.4, -0.2) is 30.7 Å². The summed E-state index contributed by atoms with van der Waals surface area (Å²) in [4.78, 5) is 15.0. The fraction of sp³-hybridized carbons (Fsp3) is 0.0769. The lowest BCUT2D eigenvalue weighted by Crippen LogP contribution is -2.00. The second kappa shape index (κ2) is 5.22. The van der Waals surface area contributed by atoms with Gasteiger partial charge in [-0.3, -0.25) is 0 Å². The molecule has 0 amide bonds. The number of halogens is 1. The number of sulfone groups is 1. The number of carboxylic acids is 1. The molecular weight excluding hydrogens is 302 g/mol. The van der Waals surface area contributed by atoms with Gasteiger partial charge in [-0.25, -0.2) is 18.2 Å². The summed E-state index contributed by atoms with van der Waals surface area (Å²) in [5.74, 6) is -1.15. The van der Waals surface area contributed by atoms with Gasteiger partial charge < -0.3 is 5.11 Å². The number of pyridine rings is 1. The Morgan fingerprint density at radius 1 is 1.15 bits per heavy atom. The lowest BCUT2D eigenvalue weighted by molar-refractivity contribution is 0.0696. The van der Waals surface area contributed by atoms with Crippen LogP contribution in [0.15, 0.2) is 41.3 Å². The van der Waals surface area contributed by atoms with Crippen molar-refractivity contribution in [1.29, 1.82) is 0 Å². The van der Waals surface area contributed by atoms with E-state index >= 15 is 0 Å². The van der Waals surface area contributed by atoms with Gasteiger partial charge in [0, 0.05) is 11.8 Å². The molecule has 7 heteroatoms. The summed E-state index contributed by atoms with van der Waals surface area (Å²) in [7, 11) is -3.25. The van der Waals surface area contributed by atoms with Crippen molar-refractivity contribution in [2.75, 3.05) is 6.26 Å². The maximum atomic E-state index is 11.4. The highest BCUT2D eigenvalue weighted by Gasteiger charge is 2.12. The minimum Gasteiger partial charge on any atom is -0.478 e. The second-order valence-electron chi connectivity index (χ2n) is 4.14. The maximum absolute atomic E-state index is 11.4. The summed E-state index contributed by atoms with van der Waals surface area (Å²) < 4.78 is 22.7. The van der Waals surface area contributed by atoms with Gasteiger partial charge >= 0.3 is 5.97 Å². The number of hydrogen-bond donors (Lipinski definition) is 1. The molecule has 2 aromatic rings. The van der Waals surface area contributed by atoms with Crippen LogP contribution in [0.1, 0.15) is 10.4 Å². The van der Waals surface area contributed by atoms with Gasteiger partial charge in [-0.05, 0) is 24.3 Å². The number of aromatic carboxylic acids is 1. The highest BCUT2D eigenvalue weighted by atomic mass is 35.5. The minimum absolute atomic E-state index is 0.0804. The second-order valence-corrected chi connectivity index (χ2v) is 6.51. The molecule has 104 valence electrons. The van der Waals surface area contributed by atoms with Gasteiger partial charge in [0.1, 0.15) is 5.15 Å². The van der Waals surface area contributed by atoms with Crippen LogP contribution in [0.25, 0.3) is 11.3 Å². The molecule has 0 saturated carbocycles. The Labute approximate surface area is 120 Å². The minimum atomic E-state index is -3.25. The van der Waals surface area contributed by atoms with Crippen molar-refractivity contribution in [2.45, 2.75) is 4.90 Å². The molecule has 1 heterocycles. The van der Waals surface area contributed by atoms with Gasteiger partial charge in [-0.2, -0.15) is 0 Å². The summed E-state index contributed by atoms with van der Waals surface area (Å²) in [6.07, 6.45) is 1.12. The summed E-state index contributed by atoms with van der Waals surface area (Å²) in [6.45, 7) is 0. The summed E-state index contributed by atoms with van der Waals surface area (Å²) in [5.41, 5.74) is 1.04. The van der Waals surface area contributed by atoms with E-state index in [1.165, 1.54) is 24.3 Å². The largest absolute Gasteiger partial charge is 0.478 e. The molecule has 0 spiro atoms. The fourth-order valence-corrected chi connectivity index (χ4v) is 2.49. The van der Waals surface area contributed by atoms with Crippen LogP contribution in [0, 0.1) is 0 Å². The predicted octanol–water partition coefficient (Wildman–Crippen LogP) is 2.50. The molecule has 0 aliphatic carbocycles. The Balaban J connectivity index is 2.42. The zero-order valence-corrected chi connectivity index (χ0v) is 11.9. The number of rotatable bonds is 3. The summed E-state index contributed by atoms with van der Waals surface area (Å²) in [5, 5.41) is 8.75. The Hall–Kier alpha value is -1.92. The number of benzene rings is 1. The first kappa shape index (κ1) is 14.5. The molecule has 0 aliphatic rings. The van der Waals surface area contributed by atoms with Gasteiger partial charge in [0.25, 0.3) is 0 Å². The number of carboxylic acid groups (broad SMARTS) is 1. The molecule has 0 radical (unpaired) electrons. The van der Waals surface area contributed by atoms with Crippen LogP contribution < -0.4 is 0 Å². The van der Waals surface area contributed by atoms with Crippen molar-refractivity contribution in [3.63, 3.8) is 0 Å². The molecule has 0 fully saturated rings. The average molecular weight is 312 g/mol. The quantitative estimate of drug-likeness (QED) is 0.880. The average Bonchev–Trinajstić information content (AvgIpc) is 2.37. The van der Waals surface area contributed by atoms with E-state index in [2.05, 4.69) is 4.98 Å². The molecule has 1 aromatic heterocycles. The predicted molar refractivity (Wildman–Crippen MR) is 74.8 cm³/mol. The third-order valence-corrected chi connectivity index (χ3v) is 4.07. The monoisotopic (exact) mass is 311 g/mol. The molecule has 1 aromatic carbocycles. The van der Waals surface area contributed by atoms with E-state index in [-0.39, 0.29) is 15.6 Å². The Morgan fingerprint density at radius 3 is 2.20 bits per heavy atom. The molecule has 0 unspecified atom stereocenters. The summed E-state index contributed by atoms with van der Waals surface area (Å²) in [6, 6.07) is 8.99. The molecule has 1 N–H and O–H groups in total. The van der Waals surface area contributed by atoms with Gasteiger partial charge in [0.15, 0.2) is 9.84 Å². The number of hydrogen-bond acceptors (Lipinski definition) is 4. The molecular formula is C13H10ClNO4S. The van der Waals surface area contributed by atoms with Crippen LogP contribution in [-0.2, 0) is 9.84 Å². The highest BCUT2D eigenvalue weighted by molar-refractivity contribution is 7.90. The summed E-state index contributed by atoms with van der Waals surface area (Å²) >= 11 is 5.79. The van der Waals surface area contributed by atoms with Gasteiger partial charge in [-0.15, -0.1) is 0 Å². The standard InChI is InChI=1S/C13H10ClNO4S/c1-20(18,19)9-4-2-8(3-5-9)11-7-6-10(13(16)17)12(14)15-11/h2-7H,1H3,(H,16,17). The van der Waals surface area contributed by atoms with E-state index in [4.69, 9.17) is 16.7 Å². The van der Waals surface area contributed by atoms with E-state index in [1.807, 2.05) is 0 Å². The van der Waals surface area contributed by atoms with Crippen LogP contribution in [0.4, 0.5) is 0 Å². The van der Waals surface area contributed by atoms with Crippen LogP contribution >= 0.6 is 11.6 Å². The zero-order valence-electron chi connectivity index (χ0n) is 10.4. The van der Waals surface area contributed by atoms with E-state index in [1.54, 1.807) is 12.1 Å². The SMILES string of the molecule is CS(=O)(=O)c1ccc(-c2ccc(C(=O)O)c(Cl)n2)cc1. The van der Waals surface area contributed by atoms with Gasteiger partial charge in [-0.1, -0.05) is 23.7 Å². The van der Waals surface area contributed by atoms with Gasteiger partial charge in [0.2, 0.25) is 0 Å². The maximum Gasteiger partial charge on any atom is 0.338 e. The van der Waals surface area contributed by atoms with Crippen molar-refractivity contribution < 1.29 is 18.3 Å². The number of aromatic nitrogens is 1. The molecule has 0 atom stereocenters. The fourth-order valence-electron chi connectivity index (χ4n) is 1.63. The van der Waals surface area contributed by atoms with E-state index in [0.29, 0.717) is 11.3 Å². The van der Waals surface area contributed by atoms with E-state index in [0.717, 1.165) is 6.26 Å². The van der Waals surface area contributed by atoms with Crippen molar-refractivity contribution in [1.82, 2.24) is 4.98 Å². The molecule has 5 nitrogen and oxygen atoms in total. The van der Waals surface area contributed by atoms with Crippen molar-refractivity contribution in [3.8, 4) is 11.3 Å². The Morgan fingerprint density at radius 2 is 1.75 bits per heavy atom.